The molecule has 0 radical (unpaired) electrons. The molecule has 4 aliphatic heterocycles. The Morgan fingerprint density at radius 3 is 2.28 bits per heavy atom. The van der Waals surface area contributed by atoms with Crippen LogP contribution in [0.1, 0.15) is 117 Å². The number of nitrogens with one attached hydrogen (secondary N) is 1. The third-order valence-electron chi connectivity index (χ3n) is 13.5. The highest BCUT2D eigenvalue weighted by molar-refractivity contribution is 7.89. The van der Waals surface area contributed by atoms with Crippen molar-refractivity contribution in [2.24, 2.45) is 0 Å². The molecule has 57 heavy (non-hydrogen) atoms. The Labute approximate surface area is 337 Å². The molecule has 2 aliphatic carbocycles. The van der Waals surface area contributed by atoms with Gasteiger partial charge in [-0.3, -0.25) is 4.79 Å². The van der Waals surface area contributed by atoms with E-state index >= 15 is 4.79 Å². The van der Waals surface area contributed by atoms with Crippen LogP contribution in [0.2, 0.25) is 0 Å². The summed E-state index contributed by atoms with van der Waals surface area (Å²) in [5.74, 6) is 0.975. The summed E-state index contributed by atoms with van der Waals surface area (Å²) >= 11 is 0. The van der Waals surface area contributed by atoms with Gasteiger partial charge in [-0.2, -0.15) is 0 Å². The number of hydrogen-bond donors (Lipinski definition) is 1. The summed E-state index contributed by atoms with van der Waals surface area (Å²) < 4.78 is 37.5. The maximum atomic E-state index is 15.0. The van der Waals surface area contributed by atoms with E-state index in [1.54, 1.807) is 9.21 Å². The second kappa shape index (κ2) is 14.5. The Balaban J connectivity index is 0.986. The predicted molar refractivity (Wildman–Crippen MR) is 222 cm³/mol. The Kier molecular flexibility index (Phi) is 9.87. The van der Waals surface area contributed by atoms with Crippen molar-refractivity contribution in [3.8, 4) is 11.3 Å². The molecule has 2 amide bonds. The van der Waals surface area contributed by atoms with Crippen molar-refractivity contribution in [3.05, 3.63) is 36.2 Å². The summed E-state index contributed by atoms with van der Waals surface area (Å²) in [5, 5.41) is 3.11. The van der Waals surface area contributed by atoms with Crippen LogP contribution < -0.4 is 10.2 Å². The first-order valence-electron chi connectivity index (χ1n) is 21.6. The van der Waals surface area contributed by atoms with Gasteiger partial charge < -0.3 is 29.3 Å². The van der Waals surface area contributed by atoms with Gasteiger partial charge in [-0.15, -0.1) is 0 Å². The molecule has 14 heteroatoms. The number of hydrogen-bond acceptors (Lipinski definition) is 9. The van der Waals surface area contributed by atoms with Crippen LogP contribution in [0.5, 0.6) is 0 Å². The van der Waals surface area contributed by atoms with Crippen molar-refractivity contribution in [3.63, 3.8) is 0 Å². The number of carbonyl (C=O) groups is 2. The largest absolute Gasteiger partial charge is 0.444 e. The molecule has 2 saturated carbocycles. The van der Waals surface area contributed by atoms with Gasteiger partial charge in [-0.25, -0.2) is 27.5 Å². The number of pyridine rings is 1. The van der Waals surface area contributed by atoms with Crippen LogP contribution in [0.25, 0.3) is 22.3 Å². The highest BCUT2D eigenvalue weighted by Crippen LogP contribution is 2.52. The van der Waals surface area contributed by atoms with Gasteiger partial charge >= 0.3 is 6.09 Å². The average Bonchev–Trinajstić information content (AvgIpc) is 3.83. The van der Waals surface area contributed by atoms with Crippen LogP contribution in [0, 0.1) is 0 Å². The summed E-state index contributed by atoms with van der Waals surface area (Å²) in [4.78, 5) is 44.1. The van der Waals surface area contributed by atoms with E-state index < -0.39 is 32.4 Å². The molecule has 6 heterocycles. The van der Waals surface area contributed by atoms with Gasteiger partial charge in [0.05, 0.1) is 28.2 Å². The smallest absolute Gasteiger partial charge is 0.410 e. The lowest BCUT2D eigenvalue weighted by Crippen LogP contribution is -2.58. The van der Waals surface area contributed by atoms with Crippen molar-refractivity contribution < 1.29 is 22.7 Å². The van der Waals surface area contributed by atoms with E-state index in [0.29, 0.717) is 63.9 Å². The molecule has 1 N–H and O–H groups in total. The summed E-state index contributed by atoms with van der Waals surface area (Å²) in [6.45, 7) is 13.4. The average molecular weight is 801 g/mol. The summed E-state index contributed by atoms with van der Waals surface area (Å²) in [7, 11) is -3.62. The number of sulfonamides is 1. The van der Waals surface area contributed by atoms with Gasteiger partial charge in [0.25, 0.3) is 0 Å². The fourth-order valence-electron chi connectivity index (χ4n) is 10.1. The Bertz CT molecular complexity index is 2130. The summed E-state index contributed by atoms with van der Waals surface area (Å²) in [5.41, 5.74) is 4.29. The SMILES string of the molecule is CC(C)n1cnc2cc(-c3ccc4c(c3)N(C3CC(N5CCCCC5)C3)C(=O)C43CCN(S(=O)(=O)C4CCN(C(=O)OC(C)(C)C)CC4)CC3)nc(NC3CC3)c21. The molecule has 0 bridgehead atoms. The van der Waals surface area contributed by atoms with Crippen molar-refractivity contribution in [2.75, 3.05) is 49.5 Å². The molecule has 1 aromatic carbocycles. The van der Waals surface area contributed by atoms with E-state index in [0.717, 1.165) is 78.1 Å². The molecule has 308 valence electrons. The minimum atomic E-state index is -3.62. The number of ether oxygens (including phenoxy) is 1. The Hall–Kier alpha value is -3.75. The number of benzene rings is 1. The molecular weight excluding hydrogens is 741 g/mol. The predicted octanol–water partition coefficient (Wildman–Crippen LogP) is 6.68. The monoisotopic (exact) mass is 800 g/mol. The van der Waals surface area contributed by atoms with Crippen LogP contribution in [-0.4, -0.2) is 117 Å². The van der Waals surface area contributed by atoms with Gasteiger partial charge in [0.2, 0.25) is 15.9 Å². The number of likely N-dealkylation sites (tertiary alicyclic amines) is 2. The van der Waals surface area contributed by atoms with E-state index in [2.05, 4.69) is 57.8 Å². The van der Waals surface area contributed by atoms with Gasteiger partial charge in [0, 0.05) is 61.6 Å². The highest BCUT2D eigenvalue weighted by atomic mass is 32.2. The normalized spacial score (nSPS) is 25.0. The minimum absolute atomic E-state index is 0.110. The van der Waals surface area contributed by atoms with E-state index in [4.69, 9.17) is 14.7 Å². The molecule has 6 aliphatic rings. The number of anilines is 2. The molecule has 3 aromatic rings. The van der Waals surface area contributed by atoms with Gasteiger partial charge in [0.15, 0.2) is 5.82 Å². The maximum Gasteiger partial charge on any atom is 0.410 e. The number of fused-ring (bicyclic) bond motifs is 3. The van der Waals surface area contributed by atoms with Crippen LogP contribution >= 0.6 is 0 Å². The molecular formula is C43H60N8O5S. The van der Waals surface area contributed by atoms with E-state index in [1.165, 1.54) is 19.3 Å². The second-order valence-electron chi connectivity index (χ2n) is 18.9. The van der Waals surface area contributed by atoms with Gasteiger partial charge in [-0.1, -0.05) is 18.6 Å². The van der Waals surface area contributed by atoms with E-state index in [9.17, 15) is 13.2 Å². The standard InChI is InChI=1S/C43H60N8O5S/c1-28(2)50-27-44-36-26-35(46-39(38(36)50)45-30-10-11-30)29-9-12-34-37(23-29)51(32-24-31(25-32)47-17-7-6-8-18-47)40(52)43(34)15-21-49(22-16-43)57(54,55)33-13-19-48(20-14-33)41(53)56-42(3,4)5/h9,12,23,26-28,30-33H,6-8,10-11,13-22,24-25H2,1-5H3,(H,45,46). The third-order valence-corrected chi connectivity index (χ3v) is 15.9. The van der Waals surface area contributed by atoms with Gasteiger partial charge in [0.1, 0.15) is 11.1 Å². The first kappa shape index (κ1) is 38.8. The highest BCUT2D eigenvalue weighted by Gasteiger charge is 2.56. The number of aromatic nitrogens is 3. The number of rotatable bonds is 8. The third kappa shape index (κ3) is 7.11. The molecule has 0 atom stereocenters. The molecule has 13 nitrogen and oxygen atoms in total. The fourth-order valence-corrected chi connectivity index (χ4v) is 12.0. The van der Waals surface area contributed by atoms with Crippen LogP contribution in [0.15, 0.2) is 30.6 Å². The number of imidazole rings is 1. The number of piperidine rings is 3. The lowest BCUT2D eigenvalue weighted by atomic mass is 9.73. The number of amides is 2. The minimum Gasteiger partial charge on any atom is -0.444 e. The number of carbonyl (C=O) groups excluding carboxylic acids is 2. The van der Waals surface area contributed by atoms with Crippen molar-refractivity contribution in [2.45, 2.75) is 146 Å². The summed E-state index contributed by atoms with van der Waals surface area (Å²) in [6, 6.07) is 9.75. The lowest BCUT2D eigenvalue weighted by Gasteiger charge is -2.48. The topological polar surface area (TPSA) is 133 Å². The van der Waals surface area contributed by atoms with Crippen molar-refractivity contribution >= 4 is 44.6 Å². The summed E-state index contributed by atoms with van der Waals surface area (Å²) in [6.07, 6.45) is 11.1. The van der Waals surface area contributed by atoms with Crippen LogP contribution in [0.4, 0.5) is 16.3 Å². The van der Waals surface area contributed by atoms with Crippen LogP contribution in [-0.2, 0) is 25.0 Å². The number of nitrogens with zero attached hydrogens (tertiary/aromatic N) is 7. The zero-order valence-corrected chi connectivity index (χ0v) is 35.2. The Morgan fingerprint density at radius 1 is 0.930 bits per heavy atom. The molecule has 0 unspecified atom stereocenters. The second-order valence-corrected chi connectivity index (χ2v) is 21.1. The molecule has 9 rings (SSSR count). The lowest BCUT2D eigenvalue weighted by molar-refractivity contribution is -0.125. The molecule has 5 fully saturated rings. The zero-order chi connectivity index (χ0) is 39.9. The first-order chi connectivity index (χ1) is 27.2. The van der Waals surface area contributed by atoms with Crippen molar-refractivity contribution in [1.29, 1.82) is 0 Å². The molecule has 1 spiro atoms. The van der Waals surface area contributed by atoms with Gasteiger partial charge in [-0.05, 0) is 130 Å². The first-order valence-corrected chi connectivity index (χ1v) is 23.1. The molecule has 2 aromatic heterocycles. The maximum absolute atomic E-state index is 15.0. The van der Waals surface area contributed by atoms with Crippen LogP contribution in [0.3, 0.4) is 0 Å². The van der Waals surface area contributed by atoms with E-state index in [-0.39, 0.29) is 18.0 Å². The zero-order valence-electron chi connectivity index (χ0n) is 34.4. The van der Waals surface area contributed by atoms with E-state index in [1.807, 2.05) is 27.1 Å². The Morgan fingerprint density at radius 2 is 1.63 bits per heavy atom. The quantitative estimate of drug-likeness (QED) is 0.265. The molecule has 3 saturated heterocycles. The fraction of sp³-hybridized carbons (Fsp3) is 0.674. The van der Waals surface area contributed by atoms with Crippen molar-refractivity contribution in [1.82, 2.24) is 28.6 Å².